The summed E-state index contributed by atoms with van der Waals surface area (Å²) in [5.74, 6) is 0.320. The molecule has 90 valence electrons. The molecule has 0 aromatic heterocycles. The van der Waals surface area contributed by atoms with Crippen LogP contribution in [0.3, 0.4) is 0 Å². The van der Waals surface area contributed by atoms with Gasteiger partial charge in [-0.25, -0.2) is 0 Å². The van der Waals surface area contributed by atoms with Crippen LogP contribution in [-0.2, 0) is 0 Å². The Balaban J connectivity index is 2.06. The fraction of sp³-hybridized carbons (Fsp3) is 0.375. The Hall–Kier alpha value is -1.50. The van der Waals surface area contributed by atoms with Crippen LogP contribution >= 0.6 is 0 Å². The molecule has 0 spiro atoms. The third-order valence-corrected chi connectivity index (χ3v) is 3.29. The van der Waals surface area contributed by atoms with Gasteiger partial charge in [0, 0.05) is 0 Å². The molecule has 1 aromatic rings. The van der Waals surface area contributed by atoms with E-state index in [-0.39, 0.29) is 0 Å². The normalized spacial score (nSPS) is 19.3. The summed E-state index contributed by atoms with van der Waals surface area (Å²) in [6.45, 7) is 4.66. The molecule has 0 saturated heterocycles. The Kier molecular flexibility index (Phi) is 3.37. The highest BCUT2D eigenvalue weighted by molar-refractivity contribution is 5.54. The molecule has 0 atom stereocenters. The third-order valence-electron chi connectivity index (χ3n) is 3.29. The summed E-state index contributed by atoms with van der Waals surface area (Å²) in [4.78, 5) is 0. The van der Waals surface area contributed by atoms with E-state index in [0.29, 0.717) is 11.2 Å². The molecule has 0 amide bonds. The molecule has 2 rings (SSSR count). The van der Waals surface area contributed by atoms with Gasteiger partial charge in [-0.15, -0.1) is 0 Å². The molecule has 1 N–H and O–H groups in total. The second-order valence-electron chi connectivity index (χ2n) is 5.58. The van der Waals surface area contributed by atoms with Gasteiger partial charge in [0.1, 0.15) is 5.75 Å². The van der Waals surface area contributed by atoms with E-state index in [0.717, 1.165) is 12.0 Å². The monoisotopic (exact) mass is 228 g/mol. The first-order valence-electron chi connectivity index (χ1n) is 6.21. The van der Waals surface area contributed by atoms with E-state index in [1.165, 1.54) is 18.4 Å². The van der Waals surface area contributed by atoms with Gasteiger partial charge in [-0.1, -0.05) is 49.8 Å². The van der Waals surface area contributed by atoms with Crippen molar-refractivity contribution in [1.29, 1.82) is 0 Å². The SMILES string of the molecule is CC1(C)CCC=C(/C=C/c2ccc(O)cc2)C1. The second kappa shape index (κ2) is 4.79. The fourth-order valence-electron chi connectivity index (χ4n) is 2.28. The largest absolute Gasteiger partial charge is 0.508 e. The van der Waals surface area contributed by atoms with Crippen molar-refractivity contribution in [3.8, 4) is 5.75 Å². The van der Waals surface area contributed by atoms with Crippen LogP contribution in [0, 0.1) is 5.41 Å². The Morgan fingerprint density at radius 1 is 1.12 bits per heavy atom. The van der Waals surface area contributed by atoms with Crippen LogP contribution in [-0.4, -0.2) is 5.11 Å². The fourth-order valence-corrected chi connectivity index (χ4v) is 2.28. The number of aromatic hydroxyl groups is 1. The molecule has 0 fully saturated rings. The Bertz CT molecular complexity index is 435. The maximum Gasteiger partial charge on any atom is 0.115 e. The van der Waals surface area contributed by atoms with Crippen LogP contribution in [0.2, 0.25) is 0 Å². The second-order valence-corrected chi connectivity index (χ2v) is 5.58. The van der Waals surface area contributed by atoms with E-state index in [2.05, 4.69) is 32.1 Å². The predicted octanol–water partition coefficient (Wildman–Crippen LogP) is 4.54. The highest BCUT2D eigenvalue weighted by Gasteiger charge is 2.21. The van der Waals surface area contributed by atoms with E-state index in [1.54, 1.807) is 12.1 Å². The van der Waals surface area contributed by atoms with Gasteiger partial charge in [0.2, 0.25) is 0 Å². The van der Waals surface area contributed by atoms with Crippen LogP contribution in [0.5, 0.6) is 5.75 Å². The van der Waals surface area contributed by atoms with Crippen LogP contribution in [0.15, 0.2) is 42.0 Å². The maximum atomic E-state index is 9.21. The molecule has 17 heavy (non-hydrogen) atoms. The van der Waals surface area contributed by atoms with Crippen LogP contribution in [0.4, 0.5) is 0 Å². The molecule has 0 saturated carbocycles. The van der Waals surface area contributed by atoms with Crippen LogP contribution in [0.1, 0.15) is 38.7 Å². The van der Waals surface area contributed by atoms with E-state index in [9.17, 15) is 5.11 Å². The van der Waals surface area contributed by atoms with E-state index in [1.807, 2.05) is 12.1 Å². The van der Waals surface area contributed by atoms with Crippen molar-refractivity contribution in [2.24, 2.45) is 5.41 Å². The number of phenols is 1. The summed E-state index contributed by atoms with van der Waals surface area (Å²) in [5, 5.41) is 9.21. The first-order chi connectivity index (χ1) is 8.05. The van der Waals surface area contributed by atoms with Crippen molar-refractivity contribution >= 4 is 6.08 Å². The van der Waals surface area contributed by atoms with Gasteiger partial charge >= 0.3 is 0 Å². The zero-order chi connectivity index (χ0) is 12.3. The van der Waals surface area contributed by atoms with Crippen molar-refractivity contribution in [2.45, 2.75) is 33.1 Å². The van der Waals surface area contributed by atoms with Gasteiger partial charge in [-0.2, -0.15) is 0 Å². The number of hydrogen-bond donors (Lipinski definition) is 1. The summed E-state index contributed by atoms with van der Waals surface area (Å²) in [7, 11) is 0. The Labute approximate surface area is 103 Å². The number of benzene rings is 1. The third kappa shape index (κ3) is 3.48. The summed E-state index contributed by atoms with van der Waals surface area (Å²) < 4.78 is 0. The molecular formula is C16H20O. The molecule has 0 unspecified atom stereocenters. The standard InChI is InChI=1S/C16H20O/c1-16(2)11-3-4-14(12-16)6-5-13-7-9-15(17)10-8-13/h4-10,17H,3,11-12H2,1-2H3/b6-5+. The minimum Gasteiger partial charge on any atom is -0.508 e. The maximum absolute atomic E-state index is 9.21. The highest BCUT2D eigenvalue weighted by Crippen LogP contribution is 2.35. The molecule has 0 bridgehead atoms. The first-order valence-corrected chi connectivity index (χ1v) is 6.21. The summed E-state index contributed by atoms with van der Waals surface area (Å²) in [6.07, 6.45) is 10.3. The van der Waals surface area contributed by atoms with Crippen molar-refractivity contribution in [3.63, 3.8) is 0 Å². The van der Waals surface area contributed by atoms with E-state index >= 15 is 0 Å². The molecular weight excluding hydrogens is 208 g/mol. The minimum atomic E-state index is 0.320. The van der Waals surface area contributed by atoms with Gasteiger partial charge < -0.3 is 5.11 Å². The topological polar surface area (TPSA) is 20.2 Å². The molecule has 1 aliphatic rings. The smallest absolute Gasteiger partial charge is 0.115 e. The van der Waals surface area contributed by atoms with E-state index in [4.69, 9.17) is 0 Å². The first kappa shape index (κ1) is 12.0. The minimum absolute atomic E-state index is 0.320. The molecule has 0 aliphatic heterocycles. The highest BCUT2D eigenvalue weighted by atomic mass is 16.3. The Morgan fingerprint density at radius 3 is 2.47 bits per heavy atom. The lowest BCUT2D eigenvalue weighted by atomic mass is 9.77. The average molecular weight is 228 g/mol. The predicted molar refractivity (Wildman–Crippen MR) is 72.9 cm³/mol. The van der Waals surface area contributed by atoms with Crippen molar-refractivity contribution in [1.82, 2.24) is 0 Å². The molecule has 1 aromatic carbocycles. The van der Waals surface area contributed by atoms with Gasteiger partial charge in [-0.3, -0.25) is 0 Å². The number of hydrogen-bond acceptors (Lipinski definition) is 1. The van der Waals surface area contributed by atoms with Gasteiger partial charge in [0.25, 0.3) is 0 Å². The van der Waals surface area contributed by atoms with Crippen LogP contribution in [0.25, 0.3) is 6.08 Å². The molecule has 1 heteroatoms. The summed E-state index contributed by atoms with van der Waals surface area (Å²) >= 11 is 0. The lowest BCUT2D eigenvalue weighted by Crippen LogP contribution is -2.14. The molecule has 0 heterocycles. The number of allylic oxidation sites excluding steroid dienone is 3. The zero-order valence-corrected chi connectivity index (χ0v) is 10.6. The molecule has 1 nitrogen and oxygen atoms in total. The van der Waals surface area contributed by atoms with E-state index < -0.39 is 0 Å². The van der Waals surface area contributed by atoms with Crippen LogP contribution < -0.4 is 0 Å². The molecule has 1 aliphatic carbocycles. The van der Waals surface area contributed by atoms with Crippen molar-refractivity contribution in [3.05, 3.63) is 47.6 Å². The summed E-state index contributed by atoms with van der Waals surface area (Å²) in [5.41, 5.74) is 2.99. The average Bonchev–Trinajstić information content (AvgIpc) is 2.27. The quantitative estimate of drug-likeness (QED) is 0.787. The van der Waals surface area contributed by atoms with Gasteiger partial charge in [-0.05, 0) is 42.4 Å². The Morgan fingerprint density at radius 2 is 1.82 bits per heavy atom. The number of rotatable bonds is 2. The lowest BCUT2D eigenvalue weighted by Gasteiger charge is -2.28. The number of phenolic OH excluding ortho intramolecular Hbond substituents is 1. The van der Waals surface area contributed by atoms with Crippen molar-refractivity contribution < 1.29 is 5.11 Å². The zero-order valence-electron chi connectivity index (χ0n) is 10.6. The van der Waals surface area contributed by atoms with Crippen molar-refractivity contribution in [2.75, 3.05) is 0 Å². The van der Waals surface area contributed by atoms with Gasteiger partial charge in [0.05, 0.1) is 0 Å². The lowest BCUT2D eigenvalue weighted by molar-refractivity contribution is 0.324. The molecule has 0 radical (unpaired) electrons. The van der Waals surface area contributed by atoms with Gasteiger partial charge in [0.15, 0.2) is 0 Å². The summed E-state index contributed by atoms with van der Waals surface area (Å²) in [6, 6.07) is 7.30.